The lowest BCUT2D eigenvalue weighted by Crippen LogP contribution is -2.56. The Labute approximate surface area is 274 Å². The highest BCUT2D eigenvalue weighted by molar-refractivity contribution is 5.80. The predicted octanol–water partition coefficient (Wildman–Crippen LogP) is 2.82. The summed E-state index contributed by atoms with van der Waals surface area (Å²) >= 11 is 0. The predicted molar refractivity (Wildman–Crippen MR) is 167 cm³/mol. The second-order valence-electron chi connectivity index (χ2n) is 11.9. The molecule has 1 amide bonds. The maximum atomic E-state index is 15.0. The van der Waals surface area contributed by atoms with Crippen LogP contribution in [0.2, 0.25) is 0 Å². The van der Waals surface area contributed by atoms with Crippen LogP contribution < -0.4 is 19.7 Å². The minimum Gasteiger partial charge on any atom is -0.483 e. The number of aliphatic hydroxyl groups is 1. The van der Waals surface area contributed by atoms with Gasteiger partial charge in [0.2, 0.25) is 11.8 Å². The number of pyridine rings is 1. The van der Waals surface area contributed by atoms with Crippen LogP contribution in [0.5, 0.6) is 11.6 Å². The number of nitrogens with one attached hydrogen (secondary N) is 1. The third-order valence-corrected chi connectivity index (χ3v) is 8.66. The van der Waals surface area contributed by atoms with E-state index in [1.807, 2.05) is 12.1 Å². The topological polar surface area (TPSA) is 149 Å². The van der Waals surface area contributed by atoms with Crippen LogP contribution in [0.25, 0.3) is 11.3 Å². The number of nitrogens with zero attached hydrogens (tertiary/aromatic N) is 7. The number of aliphatic hydroxyl groups excluding tert-OH is 1. The van der Waals surface area contributed by atoms with Crippen LogP contribution >= 0.6 is 0 Å². The Morgan fingerprint density at radius 1 is 1.17 bits per heavy atom. The Kier molecular flexibility index (Phi) is 9.54. The summed E-state index contributed by atoms with van der Waals surface area (Å²) in [6, 6.07) is 10.0. The molecular weight excluding hydrogens is 633 g/mol. The van der Waals surface area contributed by atoms with Gasteiger partial charge in [-0.05, 0) is 37.3 Å². The smallest absolute Gasteiger partial charge is 0.301 e. The number of amides is 1. The van der Waals surface area contributed by atoms with E-state index in [1.165, 1.54) is 32.2 Å². The van der Waals surface area contributed by atoms with Gasteiger partial charge in [0.15, 0.2) is 11.9 Å². The molecule has 0 aliphatic carbocycles. The Hall–Kier alpha value is -4.72. The number of anilines is 3. The number of nitriles is 1. The Morgan fingerprint density at radius 3 is 2.58 bits per heavy atom. The molecule has 48 heavy (non-hydrogen) atoms. The van der Waals surface area contributed by atoms with Crippen molar-refractivity contribution in [2.75, 3.05) is 69.8 Å². The van der Waals surface area contributed by atoms with Gasteiger partial charge in [0.05, 0.1) is 44.7 Å². The van der Waals surface area contributed by atoms with Gasteiger partial charge in [-0.25, -0.2) is 23.1 Å². The van der Waals surface area contributed by atoms with Gasteiger partial charge in [0.1, 0.15) is 35.1 Å². The molecule has 6 rings (SSSR count). The number of methoxy groups -OCH3 is 1. The summed E-state index contributed by atoms with van der Waals surface area (Å²) in [5, 5.41) is 22.3. The SMILES string of the molecule is COc1nc(Nc2ncc(F)c(-c3ccc(O[C@@H]4CCN(C(=O)C(C)O)CC4(F)F)c(C#N)c3)n2)ccc1N1CCN(C2COC2)CC1. The van der Waals surface area contributed by atoms with Crippen molar-refractivity contribution in [2.45, 2.75) is 37.5 Å². The van der Waals surface area contributed by atoms with Crippen LogP contribution in [-0.4, -0.2) is 120 Å². The van der Waals surface area contributed by atoms with E-state index in [0.717, 1.165) is 56.2 Å². The number of ether oxygens (including phenoxy) is 3. The van der Waals surface area contributed by atoms with Crippen molar-refractivity contribution >= 4 is 23.4 Å². The van der Waals surface area contributed by atoms with Gasteiger partial charge >= 0.3 is 5.92 Å². The van der Waals surface area contributed by atoms with Crippen LogP contribution in [-0.2, 0) is 9.53 Å². The molecule has 2 N–H and O–H groups in total. The average Bonchev–Trinajstić information content (AvgIpc) is 3.05. The Morgan fingerprint density at radius 2 is 1.94 bits per heavy atom. The number of rotatable bonds is 9. The minimum absolute atomic E-state index is 0.0296. The van der Waals surface area contributed by atoms with E-state index in [0.29, 0.717) is 17.7 Å². The molecular formula is C32H35F3N8O5. The first kappa shape index (κ1) is 33.2. The molecule has 16 heteroatoms. The highest BCUT2D eigenvalue weighted by atomic mass is 19.3. The number of halogens is 3. The number of carbonyl (C=O) groups is 1. The van der Waals surface area contributed by atoms with E-state index >= 15 is 0 Å². The fourth-order valence-electron chi connectivity index (χ4n) is 5.94. The van der Waals surface area contributed by atoms with Gasteiger partial charge in [-0.3, -0.25) is 9.69 Å². The molecule has 3 aliphatic heterocycles. The van der Waals surface area contributed by atoms with E-state index in [1.54, 1.807) is 6.07 Å². The number of piperidine rings is 1. The van der Waals surface area contributed by atoms with Crippen molar-refractivity contribution in [1.29, 1.82) is 5.26 Å². The fourth-order valence-corrected chi connectivity index (χ4v) is 5.94. The number of aromatic nitrogens is 3. The number of alkyl halides is 2. The maximum absolute atomic E-state index is 15.0. The van der Waals surface area contributed by atoms with E-state index in [2.05, 4.69) is 30.1 Å². The first-order chi connectivity index (χ1) is 23.1. The van der Waals surface area contributed by atoms with Gasteiger partial charge < -0.3 is 34.4 Å². The molecule has 5 heterocycles. The molecule has 2 aromatic heterocycles. The molecule has 254 valence electrons. The lowest BCUT2D eigenvalue weighted by atomic mass is 10.0. The molecule has 2 atom stereocenters. The summed E-state index contributed by atoms with van der Waals surface area (Å²) < 4.78 is 61.3. The average molecular weight is 669 g/mol. The van der Waals surface area contributed by atoms with Crippen LogP contribution in [0.4, 0.5) is 30.6 Å². The van der Waals surface area contributed by atoms with Crippen LogP contribution in [0, 0.1) is 17.1 Å². The first-order valence-corrected chi connectivity index (χ1v) is 15.5. The summed E-state index contributed by atoms with van der Waals surface area (Å²) in [6.45, 7) is 5.21. The monoisotopic (exact) mass is 668 g/mol. The second kappa shape index (κ2) is 13.8. The van der Waals surface area contributed by atoms with Crippen molar-refractivity contribution in [2.24, 2.45) is 0 Å². The van der Waals surface area contributed by atoms with Crippen molar-refractivity contribution in [1.82, 2.24) is 24.8 Å². The third kappa shape index (κ3) is 6.93. The zero-order valence-electron chi connectivity index (χ0n) is 26.4. The third-order valence-electron chi connectivity index (χ3n) is 8.66. The van der Waals surface area contributed by atoms with E-state index in [9.17, 15) is 28.3 Å². The second-order valence-corrected chi connectivity index (χ2v) is 11.9. The molecule has 0 radical (unpaired) electrons. The molecule has 0 saturated carbocycles. The van der Waals surface area contributed by atoms with Gasteiger partial charge in [-0.2, -0.15) is 10.2 Å². The molecule has 3 aromatic rings. The van der Waals surface area contributed by atoms with Gasteiger partial charge in [-0.1, -0.05) is 0 Å². The highest BCUT2D eigenvalue weighted by Crippen LogP contribution is 2.35. The number of benzene rings is 1. The van der Waals surface area contributed by atoms with E-state index < -0.39 is 36.4 Å². The van der Waals surface area contributed by atoms with Crippen molar-refractivity contribution < 1.29 is 37.3 Å². The van der Waals surface area contributed by atoms with E-state index in [4.69, 9.17) is 14.2 Å². The summed E-state index contributed by atoms with van der Waals surface area (Å²) in [7, 11) is 1.53. The molecule has 1 aromatic carbocycles. The number of hydrogen-bond donors (Lipinski definition) is 2. The highest BCUT2D eigenvalue weighted by Gasteiger charge is 2.48. The van der Waals surface area contributed by atoms with Crippen molar-refractivity contribution in [3.05, 3.63) is 47.9 Å². The number of carbonyl (C=O) groups excluding carboxylic acids is 1. The van der Waals surface area contributed by atoms with E-state index in [-0.39, 0.29) is 41.5 Å². The molecule has 1 unspecified atom stereocenters. The number of hydrogen-bond acceptors (Lipinski definition) is 12. The van der Waals surface area contributed by atoms with Crippen molar-refractivity contribution in [3.63, 3.8) is 0 Å². The number of piperazine rings is 1. The summed E-state index contributed by atoms with van der Waals surface area (Å²) in [5.74, 6) is -4.33. The first-order valence-electron chi connectivity index (χ1n) is 15.5. The normalized spacial score (nSPS) is 20.4. The fraction of sp³-hybridized carbons (Fsp3) is 0.469. The zero-order valence-corrected chi connectivity index (χ0v) is 26.4. The van der Waals surface area contributed by atoms with Crippen molar-refractivity contribution in [3.8, 4) is 29.0 Å². The minimum atomic E-state index is -3.44. The van der Waals surface area contributed by atoms with Crippen LogP contribution in [0.3, 0.4) is 0 Å². The molecule has 0 bridgehead atoms. The zero-order chi connectivity index (χ0) is 34.0. The number of likely N-dealkylation sites (tertiary alicyclic amines) is 1. The molecule has 3 saturated heterocycles. The van der Waals surface area contributed by atoms with Crippen LogP contribution in [0.1, 0.15) is 18.9 Å². The van der Waals surface area contributed by atoms with Crippen LogP contribution in [0.15, 0.2) is 36.5 Å². The molecule has 3 aliphatic rings. The quantitative estimate of drug-likeness (QED) is 0.345. The Balaban J connectivity index is 1.15. The summed E-state index contributed by atoms with van der Waals surface area (Å²) in [4.78, 5) is 30.4. The van der Waals surface area contributed by atoms with Gasteiger partial charge in [0.25, 0.3) is 5.91 Å². The maximum Gasteiger partial charge on any atom is 0.301 e. The van der Waals surface area contributed by atoms with Gasteiger partial charge in [0, 0.05) is 44.7 Å². The standard InChI is InChI=1S/C32H35F3N8O5/c1-19(44)30(45)43-8-7-26(32(34,35)18-43)48-25-5-3-20(13-21(25)14-36)28-23(33)15-37-31(40-28)39-27-6-4-24(29(38-27)46-2)42-11-9-41(10-12-42)22-16-47-17-22/h3-6,13,15,19,22,26,44H,7-12,16-18H2,1-2H3,(H,37,38,39,40)/t19?,26-/m1/s1. The summed E-state index contributed by atoms with van der Waals surface area (Å²) in [6.07, 6.45) is -2.27. The lowest BCUT2D eigenvalue weighted by Gasteiger charge is -2.43. The lowest BCUT2D eigenvalue weighted by molar-refractivity contribution is -0.165. The largest absolute Gasteiger partial charge is 0.483 e. The summed E-state index contributed by atoms with van der Waals surface area (Å²) in [5.41, 5.74) is 0.793. The molecule has 3 fully saturated rings. The molecule has 0 spiro atoms. The Bertz CT molecular complexity index is 1690. The molecule has 13 nitrogen and oxygen atoms in total. The van der Waals surface area contributed by atoms with Gasteiger partial charge in [-0.15, -0.1) is 0 Å².